The van der Waals surface area contributed by atoms with Crippen molar-refractivity contribution >= 4 is 11.6 Å². The zero-order valence-corrected chi connectivity index (χ0v) is 8.28. The van der Waals surface area contributed by atoms with Crippen LogP contribution in [0.3, 0.4) is 0 Å². The minimum Gasteiger partial charge on any atom is -0.395 e. The molecule has 0 unspecified atom stereocenters. The first-order chi connectivity index (χ1) is 7.44. The number of anilines is 2. The lowest BCUT2D eigenvalue weighted by molar-refractivity contribution is -0.119. The number of rotatable bonds is 4. The topological polar surface area (TPSA) is 75.3 Å². The number of hydrogen-bond acceptors (Lipinski definition) is 5. The monoisotopic (exact) mass is 236 g/mol. The molecule has 8 heteroatoms. The molecule has 0 aliphatic heterocycles. The van der Waals surface area contributed by atoms with Crippen molar-refractivity contribution in [3.8, 4) is 0 Å². The van der Waals surface area contributed by atoms with Gasteiger partial charge in [-0.25, -0.2) is 9.97 Å². The van der Waals surface area contributed by atoms with Gasteiger partial charge in [-0.2, -0.15) is 13.2 Å². The Morgan fingerprint density at radius 1 is 1.31 bits per heavy atom. The van der Waals surface area contributed by atoms with E-state index < -0.39 is 19.3 Å². The van der Waals surface area contributed by atoms with Gasteiger partial charge in [0.05, 0.1) is 6.61 Å². The number of nitrogens with zero attached hydrogens (tertiary/aromatic N) is 3. The zero-order valence-electron chi connectivity index (χ0n) is 8.28. The Morgan fingerprint density at radius 3 is 2.44 bits per heavy atom. The lowest BCUT2D eigenvalue weighted by atomic mass is 10.4. The molecule has 1 aromatic heterocycles. The number of aliphatic hydroxyl groups excluding tert-OH is 1. The highest BCUT2D eigenvalue weighted by atomic mass is 19.4. The van der Waals surface area contributed by atoms with Crippen LogP contribution in [0.1, 0.15) is 0 Å². The summed E-state index contributed by atoms with van der Waals surface area (Å²) in [5, 5.41) is 8.69. The number of nitrogen functional groups attached to an aromatic ring is 1. The SMILES string of the molecule is Nc1nccnc1N(CCO)CC(F)(F)F. The van der Waals surface area contributed by atoms with E-state index in [9.17, 15) is 13.2 Å². The van der Waals surface area contributed by atoms with Crippen LogP contribution in [0.4, 0.5) is 24.8 Å². The fraction of sp³-hybridized carbons (Fsp3) is 0.500. The van der Waals surface area contributed by atoms with Crippen molar-refractivity contribution in [3.05, 3.63) is 12.4 Å². The van der Waals surface area contributed by atoms with Gasteiger partial charge < -0.3 is 15.7 Å². The first kappa shape index (κ1) is 12.5. The number of nitrogens with two attached hydrogens (primary N) is 1. The van der Waals surface area contributed by atoms with E-state index in [1.807, 2.05) is 0 Å². The minimum atomic E-state index is -4.39. The summed E-state index contributed by atoms with van der Waals surface area (Å²) >= 11 is 0. The molecule has 0 aromatic carbocycles. The zero-order chi connectivity index (χ0) is 12.2. The lowest BCUT2D eigenvalue weighted by Crippen LogP contribution is -2.37. The number of aliphatic hydroxyl groups is 1. The van der Waals surface area contributed by atoms with E-state index in [0.29, 0.717) is 0 Å². The van der Waals surface area contributed by atoms with Crippen LogP contribution in [0.2, 0.25) is 0 Å². The Balaban J connectivity index is 2.89. The number of aromatic nitrogens is 2. The fourth-order valence-electron chi connectivity index (χ4n) is 1.18. The van der Waals surface area contributed by atoms with Crippen molar-refractivity contribution in [2.75, 3.05) is 30.3 Å². The van der Waals surface area contributed by atoms with Gasteiger partial charge in [-0.3, -0.25) is 0 Å². The summed E-state index contributed by atoms with van der Waals surface area (Å²) in [5.74, 6) is -0.172. The van der Waals surface area contributed by atoms with Gasteiger partial charge in [-0.15, -0.1) is 0 Å². The predicted molar refractivity (Wildman–Crippen MR) is 51.8 cm³/mol. The lowest BCUT2D eigenvalue weighted by Gasteiger charge is -2.24. The van der Waals surface area contributed by atoms with Crippen LogP contribution in [-0.2, 0) is 0 Å². The second-order valence-corrected chi connectivity index (χ2v) is 3.03. The highest BCUT2D eigenvalue weighted by Crippen LogP contribution is 2.22. The van der Waals surface area contributed by atoms with Gasteiger partial charge >= 0.3 is 6.18 Å². The molecule has 0 aliphatic rings. The molecule has 0 radical (unpaired) electrons. The summed E-state index contributed by atoms with van der Waals surface area (Å²) < 4.78 is 36.7. The molecule has 0 amide bonds. The maximum atomic E-state index is 12.2. The Kier molecular flexibility index (Phi) is 3.88. The van der Waals surface area contributed by atoms with Crippen LogP contribution in [0.25, 0.3) is 0 Å². The third kappa shape index (κ3) is 3.54. The summed E-state index contributed by atoms with van der Waals surface area (Å²) in [5.41, 5.74) is 5.41. The van der Waals surface area contributed by atoms with Gasteiger partial charge in [0, 0.05) is 18.9 Å². The first-order valence-electron chi connectivity index (χ1n) is 4.43. The van der Waals surface area contributed by atoms with Crippen LogP contribution in [0.5, 0.6) is 0 Å². The Morgan fingerprint density at radius 2 is 1.94 bits per heavy atom. The van der Waals surface area contributed by atoms with Gasteiger partial charge in [0.25, 0.3) is 0 Å². The third-order valence-corrected chi connectivity index (χ3v) is 1.75. The van der Waals surface area contributed by atoms with Crippen LogP contribution in [0, 0.1) is 0 Å². The maximum absolute atomic E-state index is 12.2. The largest absolute Gasteiger partial charge is 0.405 e. The smallest absolute Gasteiger partial charge is 0.395 e. The van der Waals surface area contributed by atoms with E-state index >= 15 is 0 Å². The van der Waals surface area contributed by atoms with Gasteiger partial charge in [-0.05, 0) is 0 Å². The summed E-state index contributed by atoms with van der Waals surface area (Å²) in [6.07, 6.45) is -1.87. The van der Waals surface area contributed by atoms with Gasteiger partial charge in [-0.1, -0.05) is 0 Å². The van der Waals surface area contributed by atoms with Crippen molar-refractivity contribution < 1.29 is 18.3 Å². The quantitative estimate of drug-likeness (QED) is 0.792. The van der Waals surface area contributed by atoms with E-state index in [1.165, 1.54) is 12.4 Å². The second kappa shape index (κ2) is 4.97. The Hall–Kier alpha value is -1.57. The fourth-order valence-corrected chi connectivity index (χ4v) is 1.18. The number of hydrogen-bond donors (Lipinski definition) is 2. The van der Waals surface area contributed by atoms with E-state index in [4.69, 9.17) is 10.8 Å². The van der Waals surface area contributed by atoms with Crippen molar-refractivity contribution in [2.24, 2.45) is 0 Å². The molecule has 1 aromatic rings. The Bertz CT molecular complexity index is 344. The molecule has 0 atom stereocenters. The van der Waals surface area contributed by atoms with Crippen LogP contribution in [0.15, 0.2) is 12.4 Å². The molecule has 0 bridgehead atoms. The van der Waals surface area contributed by atoms with Gasteiger partial charge in [0.15, 0.2) is 11.6 Å². The summed E-state index contributed by atoms with van der Waals surface area (Å²) in [6.45, 7) is -1.86. The predicted octanol–water partition coefficient (Wildman–Crippen LogP) is 0.420. The van der Waals surface area contributed by atoms with E-state index in [2.05, 4.69) is 9.97 Å². The molecule has 0 aliphatic carbocycles. The first-order valence-corrected chi connectivity index (χ1v) is 4.43. The van der Waals surface area contributed by atoms with Crippen molar-refractivity contribution in [1.82, 2.24) is 9.97 Å². The summed E-state index contributed by atoms with van der Waals surface area (Å²) in [6, 6.07) is 0. The molecule has 90 valence electrons. The van der Waals surface area contributed by atoms with Crippen LogP contribution >= 0.6 is 0 Å². The average molecular weight is 236 g/mol. The van der Waals surface area contributed by atoms with E-state index in [1.54, 1.807) is 0 Å². The van der Waals surface area contributed by atoms with Crippen molar-refractivity contribution in [2.45, 2.75) is 6.18 Å². The highest BCUT2D eigenvalue weighted by Gasteiger charge is 2.31. The molecule has 3 N–H and O–H groups in total. The molecule has 5 nitrogen and oxygen atoms in total. The molecular weight excluding hydrogens is 225 g/mol. The molecule has 0 saturated heterocycles. The van der Waals surface area contributed by atoms with Crippen LogP contribution in [-0.4, -0.2) is 40.9 Å². The maximum Gasteiger partial charge on any atom is 0.405 e. The number of halogens is 3. The summed E-state index contributed by atoms with van der Waals surface area (Å²) in [4.78, 5) is 8.18. The molecule has 1 rings (SSSR count). The molecule has 1 heterocycles. The normalized spacial score (nSPS) is 11.5. The summed E-state index contributed by atoms with van der Waals surface area (Å²) in [7, 11) is 0. The third-order valence-electron chi connectivity index (χ3n) is 1.75. The average Bonchev–Trinajstić information content (AvgIpc) is 2.16. The minimum absolute atomic E-state index is 0.0751. The second-order valence-electron chi connectivity index (χ2n) is 3.03. The molecule has 0 fully saturated rings. The van der Waals surface area contributed by atoms with Gasteiger partial charge in [0.2, 0.25) is 0 Å². The van der Waals surface area contributed by atoms with Crippen LogP contribution < -0.4 is 10.6 Å². The Labute approximate surface area is 89.7 Å². The standard InChI is InChI=1S/C8H11F3N4O/c9-8(10,11)5-15(3-4-16)7-6(12)13-1-2-14-7/h1-2,16H,3-5H2,(H2,12,13). The van der Waals surface area contributed by atoms with E-state index in [-0.39, 0.29) is 18.2 Å². The molecule has 0 saturated carbocycles. The van der Waals surface area contributed by atoms with Crippen molar-refractivity contribution in [1.29, 1.82) is 0 Å². The molecule has 16 heavy (non-hydrogen) atoms. The molecule has 0 spiro atoms. The number of alkyl halides is 3. The van der Waals surface area contributed by atoms with E-state index in [0.717, 1.165) is 4.90 Å². The molecular formula is C8H11F3N4O. The van der Waals surface area contributed by atoms with Crippen molar-refractivity contribution in [3.63, 3.8) is 0 Å². The highest BCUT2D eigenvalue weighted by molar-refractivity contribution is 5.57. The van der Waals surface area contributed by atoms with Gasteiger partial charge in [0.1, 0.15) is 6.54 Å².